The maximum atomic E-state index is 14.0. The Hall–Kier alpha value is -4.18. The number of hydrogen-bond acceptors (Lipinski definition) is 6. The van der Waals surface area contributed by atoms with Gasteiger partial charge in [-0.2, -0.15) is 13.2 Å². The van der Waals surface area contributed by atoms with E-state index in [0.717, 1.165) is 40.3 Å². The van der Waals surface area contributed by atoms with Crippen LogP contribution in [-0.4, -0.2) is 29.4 Å². The normalized spacial score (nSPS) is 13.0. The van der Waals surface area contributed by atoms with Crippen molar-refractivity contribution in [2.24, 2.45) is 5.41 Å². The van der Waals surface area contributed by atoms with E-state index in [9.17, 15) is 22.8 Å². The van der Waals surface area contributed by atoms with Crippen LogP contribution in [0.1, 0.15) is 54.3 Å². The minimum atomic E-state index is -4.51. The van der Waals surface area contributed by atoms with Gasteiger partial charge in [-0.15, -0.1) is 11.3 Å². The fourth-order valence-corrected chi connectivity index (χ4v) is 5.55. The third kappa shape index (κ3) is 7.66. The number of alkyl halides is 3. The van der Waals surface area contributed by atoms with Gasteiger partial charge in [0.15, 0.2) is 5.78 Å². The van der Waals surface area contributed by atoms with Crippen molar-refractivity contribution in [3.8, 4) is 5.88 Å². The fraction of sp³-hybridized carbons (Fsp3) is 0.324. The van der Waals surface area contributed by atoms with E-state index >= 15 is 0 Å². The summed E-state index contributed by atoms with van der Waals surface area (Å²) in [6.07, 6.45) is -1.47. The van der Waals surface area contributed by atoms with Gasteiger partial charge in [0.05, 0.1) is 16.6 Å². The Morgan fingerprint density at radius 2 is 1.73 bits per heavy atom. The van der Waals surface area contributed by atoms with E-state index in [4.69, 9.17) is 4.74 Å². The van der Waals surface area contributed by atoms with Crippen LogP contribution in [0.3, 0.4) is 0 Å². The summed E-state index contributed by atoms with van der Waals surface area (Å²) < 4.78 is 48.7. The van der Waals surface area contributed by atoms with Gasteiger partial charge in [-0.3, -0.25) is 14.2 Å². The molecule has 0 bridgehead atoms. The summed E-state index contributed by atoms with van der Waals surface area (Å²) in [5, 5.41) is 0. The minimum absolute atomic E-state index is 0.0865. The van der Waals surface area contributed by atoms with Crippen LogP contribution in [0.15, 0.2) is 59.4 Å². The van der Waals surface area contributed by atoms with E-state index in [1.54, 1.807) is 45.8 Å². The molecule has 0 aliphatic carbocycles. The van der Waals surface area contributed by atoms with E-state index in [1.165, 1.54) is 16.7 Å². The maximum absolute atomic E-state index is 14.0. The van der Waals surface area contributed by atoms with Crippen LogP contribution in [0, 0.1) is 19.3 Å². The van der Waals surface area contributed by atoms with Crippen molar-refractivity contribution in [3.63, 3.8) is 0 Å². The number of thiazole rings is 1. The number of Topliss-reactive ketones (excluding diaryl/α,β-unsaturated/α-hetero) is 1. The Labute approximate surface area is 258 Å². The van der Waals surface area contributed by atoms with Gasteiger partial charge < -0.3 is 9.64 Å². The lowest BCUT2D eigenvalue weighted by atomic mass is 9.91. The number of anilines is 1. The number of hydrogen-bond donors (Lipinski definition) is 0. The highest BCUT2D eigenvalue weighted by molar-refractivity contribution is 7.07. The Morgan fingerprint density at radius 3 is 2.34 bits per heavy atom. The Bertz CT molecular complexity index is 1850. The quantitative estimate of drug-likeness (QED) is 0.246. The predicted molar refractivity (Wildman–Crippen MR) is 170 cm³/mol. The first-order valence-corrected chi connectivity index (χ1v) is 14.9. The first-order chi connectivity index (χ1) is 20.5. The van der Waals surface area contributed by atoms with Crippen LogP contribution in [0.4, 0.5) is 18.9 Å². The number of benzene rings is 2. The number of aromatic nitrogens is 2. The third-order valence-corrected chi connectivity index (χ3v) is 8.09. The van der Waals surface area contributed by atoms with Gasteiger partial charge in [-0.05, 0) is 54.8 Å². The molecule has 0 radical (unpaired) electrons. The van der Waals surface area contributed by atoms with Gasteiger partial charge in [0.1, 0.15) is 11.3 Å². The largest absolute Gasteiger partial charge is 0.473 e. The summed E-state index contributed by atoms with van der Waals surface area (Å²) in [7, 11) is 3.29. The third-order valence-electron chi connectivity index (χ3n) is 7.03. The lowest BCUT2D eigenvalue weighted by molar-refractivity contribution is -0.137. The zero-order valence-corrected chi connectivity index (χ0v) is 26.7. The van der Waals surface area contributed by atoms with Crippen molar-refractivity contribution in [2.75, 3.05) is 19.0 Å². The molecule has 0 aliphatic heterocycles. The van der Waals surface area contributed by atoms with Crippen molar-refractivity contribution in [2.45, 2.75) is 53.9 Å². The molecule has 44 heavy (non-hydrogen) atoms. The van der Waals surface area contributed by atoms with Crippen molar-refractivity contribution in [3.05, 3.63) is 108 Å². The summed E-state index contributed by atoms with van der Waals surface area (Å²) in [6, 6.07) is 15.0. The van der Waals surface area contributed by atoms with Crippen molar-refractivity contribution in [1.29, 1.82) is 0 Å². The molecule has 4 rings (SSSR count). The second-order valence-corrected chi connectivity index (χ2v) is 13.0. The summed E-state index contributed by atoms with van der Waals surface area (Å²) in [5.41, 5.74) is 2.20. The molecule has 0 saturated carbocycles. The number of nitrogens with zero attached hydrogens (tertiary/aromatic N) is 3. The number of ketones is 1. The van der Waals surface area contributed by atoms with Crippen LogP contribution in [-0.2, 0) is 24.1 Å². The molecule has 0 unspecified atom stereocenters. The highest BCUT2D eigenvalue weighted by atomic mass is 32.1. The van der Waals surface area contributed by atoms with E-state index in [0.29, 0.717) is 27.4 Å². The maximum Gasteiger partial charge on any atom is 0.416 e. The van der Waals surface area contributed by atoms with Crippen LogP contribution in [0.25, 0.3) is 12.2 Å². The Balaban J connectivity index is 1.89. The lowest BCUT2D eigenvalue weighted by Gasteiger charge is -2.18. The van der Waals surface area contributed by atoms with Gasteiger partial charge in [-0.25, -0.2) is 4.98 Å². The number of carbonyl (C=O) groups excluding carboxylic acids is 1. The van der Waals surface area contributed by atoms with Gasteiger partial charge in [0.2, 0.25) is 5.88 Å². The average molecular weight is 624 g/mol. The number of rotatable bonds is 8. The summed E-state index contributed by atoms with van der Waals surface area (Å²) in [6.45, 7) is 9.54. The van der Waals surface area contributed by atoms with Crippen molar-refractivity contribution < 1.29 is 22.7 Å². The van der Waals surface area contributed by atoms with Gasteiger partial charge >= 0.3 is 6.18 Å². The molecule has 0 amide bonds. The number of carbonyl (C=O) groups is 1. The molecule has 0 spiro atoms. The number of halogens is 3. The lowest BCUT2D eigenvalue weighted by Crippen LogP contribution is -2.33. The zero-order valence-electron chi connectivity index (χ0n) is 25.9. The highest BCUT2D eigenvalue weighted by Gasteiger charge is 2.31. The van der Waals surface area contributed by atoms with E-state index in [2.05, 4.69) is 4.98 Å². The molecule has 10 heteroatoms. The molecule has 2 aromatic carbocycles. The molecule has 0 aliphatic rings. The molecule has 2 aromatic heterocycles. The number of pyridine rings is 1. The van der Waals surface area contributed by atoms with Crippen molar-refractivity contribution in [1.82, 2.24) is 9.55 Å². The van der Waals surface area contributed by atoms with Gasteiger partial charge in [0, 0.05) is 42.5 Å². The fourth-order valence-electron chi connectivity index (χ4n) is 4.52. The summed E-state index contributed by atoms with van der Waals surface area (Å²) in [4.78, 5) is 33.3. The van der Waals surface area contributed by atoms with Crippen LogP contribution >= 0.6 is 11.3 Å². The van der Waals surface area contributed by atoms with Gasteiger partial charge in [-0.1, -0.05) is 57.2 Å². The molecule has 6 nitrogen and oxygen atoms in total. The monoisotopic (exact) mass is 623 g/mol. The average Bonchev–Trinajstić information content (AvgIpc) is 3.21. The molecule has 232 valence electrons. The molecule has 4 aromatic rings. The molecule has 0 saturated heterocycles. The number of aryl methyl sites for hydroxylation is 2. The molecule has 0 atom stereocenters. The summed E-state index contributed by atoms with van der Waals surface area (Å²) >= 11 is 1.12. The molecule has 0 fully saturated rings. The molecular formula is C34H36F3N3O3S. The Kier molecular flexibility index (Phi) is 9.53. The van der Waals surface area contributed by atoms with Crippen LogP contribution in [0.2, 0.25) is 0 Å². The number of ether oxygens (including phenoxy) is 1. The first-order valence-electron chi connectivity index (χ1n) is 14.0. The second-order valence-electron chi connectivity index (χ2n) is 11.9. The van der Waals surface area contributed by atoms with Crippen LogP contribution in [0.5, 0.6) is 5.88 Å². The molecule has 0 N–H and O–H groups in total. The highest BCUT2D eigenvalue weighted by Crippen LogP contribution is 2.33. The van der Waals surface area contributed by atoms with E-state index in [1.807, 2.05) is 50.2 Å². The molecule has 2 heterocycles. The SMILES string of the molecule is Cc1cc(C)c(Cn2c(=O)/c(=C/c3ccc(C(F)(F)F)cc3N(C)C)s/c2=C\C(=O)C(C)(C)C)c(OCc2ccccc2)n1. The first kappa shape index (κ1) is 32.7. The Morgan fingerprint density at radius 1 is 1.05 bits per heavy atom. The topological polar surface area (TPSA) is 64.4 Å². The van der Waals surface area contributed by atoms with Crippen molar-refractivity contribution >= 4 is 35.0 Å². The van der Waals surface area contributed by atoms with Crippen LogP contribution < -0.4 is 24.4 Å². The predicted octanol–water partition coefficient (Wildman–Crippen LogP) is 5.86. The van der Waals surface area contributed by atoms with Gasteiger partial charge in [0.25, 0.3) is 5.56 Å². The second kappa shape index (κ2) is 12.8. The minimum Gasteiger partial charge on any atom is -0.473 e. The summed E-state index contributed by atoms with van der Waals surface area (Å²) in [5.74, 6) is 0.225. The smallest absolute Gasteiger partial charge is 0.416 e. The standard InChI is InChI=1S/C34H36F3N3O3S/c1-21-15-22(2)38-31(43-20-23-11-9-8-10-12-23)26(21)19-40-30(18-29(41)33(3,4)5)44-28(32(40)42)16-24-13-14-25(34(35,36)37)17-27(24)39(6)7/h8-18H,19-20H2,1-7H3/b28-16-,30-18-. The molecular weight excluding hydrogens is 587 g/mol. The van der Waals surface area contributed by atoms with E-state index in [-0.39, 0.29) is 29.0 Å². The van der Waals surface area contributed by atoms with E-state index < -0.39 is 17.2 Å². The zero-order chi connectivity index (χ0) is 32.4.